The summed E-state index contributed by atoms with van der Waals surface area (Å²) in [7, 11) is 0. The Morgan fingerprint density at radius 3 is 2.64 bits per heavy atom. The fourth-order valence-corrected chi connectivity index (χ4v) is 3.22. The first kappa shape index (κ1) is 19.7. The van der Waals surface area contributed by atoms with Crippen molar-refractivity contribution in [2.24, 2.45) is 0 Å². The molecule has 1 aromatic carbocycles. The third kappa shape index (κ3) is 6.33. The number of nitrogens with one attached hydrogen (secondary N) is 2. The highest BCUT2D eigenvalue weighted by molar-refractivity contribution is 5.80. The molecular weight excluding hydrogens is 314 g/mol. The Morgan fingerprint density at radius 1 is 1.28 bits per heavy atom. The van der Waals surface area contributed by atoms with Gasteiger partial charge in [-0.3, -0.25) is 4.79 Å². The van der Waals surface area contributed by atoms with E-state index in [1.54, 1.807) is 6.92 Å². The molecule has 140 valence electrons. The first-order chi connectivity index (χ1) is 12.0. The zero-order valence-electron chi connectivity index (χ0n) is 16.1. The SMILES string of the molecule is Cc1cc(OC(C)C(=O)NCCCN2CCNCC2)ccc1C(C)C. The van der Waals surface area contributed by atoms with E-state index < -0.39 is 6.10 Å². The molecule has 1 unspecified atom stereocenters. The summed E-state index contributed by atoms with van der Waals surface area (Å²) in [5.41, 5.74) is 2.52. The molecule has 0 aromatic heterocycles. The minimum atomic E-state index is -0.483. The van der Waals surface area contributed by atoms with Crippen LogP contribution >= 0.6 is 0 Å². The Morgan fingerprint density at radius 2 is 2.00 bits per heavy atom. The van der Waals surface area contributed by atoms with E-state index in [-0.39, 0.29) is 5.91 Å². The number of ether oxygens (including phenoxy) is 1. The maximum Gasteiger partial charge on any atom is 0.260 e. The molecule has 0 saturated carbocycles. The van der Waals surface area contributed by atoms with E-state index in [0.717, 1.165) is 44.9 Å². The van der Waals surface area contributed by atoms with Crippen molar-refractivity contribution in [2.75, 3.05) is 39.3 Å². The predicted octanol–water partition coefficient (Wildman–Crippen LogP) is 2.30. The van der Waals surface area contributed by atoms with E-state index >= 15 is 0 Å². The monoisotopic (exact) mass is 347 g/mol. The van der Waals surface area contributed by atoms with Gasteiger partial charge in [-0.05, 0) is 56.0 Å². The van der Waals surface area contributed by atoms with Gasteiger partial charge in [-0.25, -0.2) is 0 Å². The van der Waals surface area contributed by atoms with Crippen LogP contribution in [0.1, 0.15) is 44.2 Å². The van der Waals surface area contributed by atoms with Crippen LogP contribution in [0.25, 0.3) is 0 Å². The lowest BCUT2D eigenvalue weighted by molar-refractivity contribution is -0.127. The van der Waals surface area contributed by atoms with Crippen molar-refractivity contribution in [3.05, 3.63) is 29.3 Å². The van der Waals surface area contributed by atoms with Gasteiger partial charge in [0, 0.05) is 32.7 Å². The molecule has 1 aliphatic heterocycles. The van der Waals surface area contributed by atoms with Crippen molar-refractivity contribution in [1.82, 2.24) is 15.5 Å². The predicted molar refractivity (Wildman–Crippen MR) is 102 cm³/mol. The number of rotatable bonds is 8. The molecular formula is C20H33N3O2. The molecule has 0 spiro atoms. The van der Waals surface area contributed by atoms with Crippen LogP contribution < -0.4 is 15.4 Å². The summed E-state index contributed by atoms with van der Waals surface area (Å²) in [5.74, 6) is 1.20. The van der Waals surface area contributed by atoms with Crippen molar-refractivity contribution in [2.45, 2.75) is 46.1 Å². The smallest absolute Gasteiger partial charge is 0.260 e. The number of hydrogen-bond acceptors (Lipinski definition) is 4. The molecule has 0 bridgehead atoms. The molecule has 1 saturated heterocycles. The average molecular weight is 348 g/mol. The molecule has 1 aromatic rings. The lowest BCUT2D eigenvalue weighted by Gasteiger charge is -2.27. The number of carbonyl (C=O) groups excluding carboxylic acids is 1. The Kier molecular flexibility index (Phi) is 7.72. The summed E-state index contributed by atoms with van der Waals surface area (Å²) in [6.45, 7) is 14.3. The second-order valence-corrected chi connectivity index (χ2v) is 7.17. The summed E-state index contributed by atoms with van der Waals surface area (Å²) in [4.78, 5) is 14.6. The molecule has 2 rings (SSSR count). The van der Waals surface area contributed by atoms with Gasteiger partial charge >= 0.3 is 0 Å². The van der Waals surface area contributed by atoms with Gasteiger partial charge < -0.3 is 20.3 Å². The maximum atomic E-state index is 12.2. The van der Waals surface area contributed by atoms with Gasteiger partial charge in [-0.15, -0.1) is 0 Å². The van der Waals surface area contributed by atoms with Crippen LogP contribution in [0.4, 0.5) is 0 Å². The van der Waals surface area contributed by atoms with Crippen LogP contribution in [0.3, 0.4) is 0 Å². The molecule has 5 heteroatoms. The van der Waals surface area contributed by atoms with E-state index in [0.29, 0.717) is 12.5 Å². The van der Waals surface area contributed by atoms with Crippen molar-refractivity contribution >= 4 is 5.91 Å². The van der Waals surface area contributed by atoms with E-state index in [9.17, 15) is 4.79 Å². The Balaban J connectivity index is 1.71. The molecule has 1 amide bonds. The summed E-state index contributed by atoms with van der Waals surface area (Å²) < 4.78 is 5.81. The minimum absolute atomic E-state index is 0.0501. The lowest BCUT2D eigenvalue weighted by Crippen LogP contribution is -2.44. The number of benzene rings is 1. The molecule has 1 heterocycles. The molecule has 25 heavy (non-hydrogen) atoms. The largest absolute Gasteiger partial charge is 0.481 e. The number of piperazine rings is 1. The van der Waals surface area contributed by atoms with Crippen molar-refractivity contribution in [3.8, 4) is 5.75 Å². The minimum Gasteiger partial charge on any atom is -0.481 e. The number of aryl methyl sites for hydroxylation is 1. The number of amides is 1. The normalized spacial score (nSPS) is 16.7. The highest BCUT2D eigenvalue weighted by atomic mass is 16.5. The van der Waals surface area contributed by atoms with Crippen LogP contribution in [0, 0.1) is 6.92 Å². The highest BCUT2D eigenvalue weighted by Crippen LogP contribution is 2.24. The Bertz CT molecular complexity index is 554. The van der Waals surface area contributed by atoms with E-state index in [2.05, 4.69) is 42.4 Å². The second-order valence-electron chi connectivity index (χ2n) is 7.17. The highest BCUT2D eigenvalue weighted by Gasteiger charge is 2.15. The summed E-state index contributed by atoms with van der Waals surface area (Å²) in [6.07, 6.45) is 0.490. The van der Waals surface area contributed by atoms with E-state index in [1.807, 2.05) is 12.1 Å². The van der Waals surface area contributed by atoms with Gasteiger partial charge in [0.2, 0.25) is 0 Å². The van der Waals surface area contributed by atoms with Crippen LogP contribution in [-0.2, 0) is 4.79 Å². The quantitative estimate of drug-likeness (QED) is 0.709. The summed E-state index contributed by atoms with van der Waals surface area (Å²) >= 11 is 0. The second kappa shape index (κ2) is 9.78. The first-order valence-corrected chi connectivity index (χ1v) is 9.45. The average Bonchev–Trinajstić information content (AvgIpc) is 2.59. The van der Waals surface area contributed by atoms with Crippen LogP contribution in [-0.4, -0.2) is 56.2 Å². The van der Waals surface area contributed by atoms with E-state index in [1.165, 1.54) is 11.1 Å². The van der Waals surface area contributed by atoms with E-state index in [4.69, 9.17) is 4.74 Å². The van der Waals surface area contributed by atoms with Gasteiger partial charge in [0.1, 0.15) is 5.75 Å². The van der Waals surface area contributed by atoms with Gasteiger partial charge in [0.15, 0.2) is 6.10 Å². The molecule has 1 fully saturated rings. The molecule has 0 aliphatic carbocycles. The fraction of sp³-hybridized carbons (Fsp3) is 0.650. The topological polar surface area (TPSA) is 53.6 Å². The molecule has 2 N–H and O–H groups in total. The number of hydrogen-bond donors (Lipinski definition) is 2. The van der Waals surface area contributed by atoms with Crippen LogP contribution in [0.2, 0.25) is 0 Å². The summed E-state index contributed by atoms with van der Waals surface area (Å²) in [5, 5.41) is 6.33. The molecule has 1 aliphatic rings. The van der Waals surface area contributed by atoms with Gasteiger partial charge in [0.05, 0.1) is 0 Å². The van der Waals surface area contributed by atoms with Gasteiger partial charge in [0.25, 0.3) is 5.91 Å². The van der Waals surface area contributed by atoms with Crippen molar-refractivity contribution in [3.63, 3.8) is 0 Å². The summed E-state index contributed by atoms with van der Waals surface area (Å²) in [6, 6.07) is 6.06. The van der Waals surface area contributed by atoms with Gasteiger partial charge in [-0.1, -0.05) is 19.9 Å². The maximum absolute atomic E-state index is 12.2. The van der Waals surface area contributed by atoms with Crippen molar-refractivity contribution in [1.29, 1.82) is 0 Å². The Hall–Kier alpha value is -1.59. The lowest BCUT2D eigenvalue weighted by atomic mass is 9.98. The zero-order valence-corrected chi connectivity index (χ0v) is 16.1. The third-order valence-corrected chi connectivity index (χ3v) is 4.71. The number of nitrogens with zero attached hydrogens (tertiary/aromatic N) is 1. The first-order valence-electron chi connectivity index (χ1n) is 9.45. The number of carbonyl (C=O) groups is 1. The molecule has 1 atom stereocenters. The third-order valence-electron chi connectivity index (χ3n) is 4.71. The van der Waals surface area contributed by atoms with Crippen LogP contribution in [0.15, 0.2) is 18.2 Å². The standard InChI is InChI=1S/C20H33N3O2/c1-15(2)19-7-6-18(14-16(19)3)25-17(4)20(24)22-8-5-11-23-12-9-21-10-13-23/h6-7,14-15,17,21H,5,8-13H2,1-4H3,(H,22,24). The zero-order chi connectivity index (χ0) is 18.2. The fourth-order valence-electron chi connectivity index (χ4n) is 3.22. The Labute approximate surface area is 152 Å². The molecule has 5 nitrogen and oxygen atoms in total. The van der Waals surface area contributed by atoms with Crippen LogP contribution in [0.5, 0.6) is 5.75 Å². The van der Waals surface area contributed by atoms with Gasteiger partial charge in [-0.2, -0.15) is 0 Å². The molecule has 0 radical (unpaired) electrons. The van der Waals surface area contributed by atoms with Crippen molar-refractivity contribution < 1.29 is 9.53 Å².